The number of alkyl halides is 3. The van der Waals surface area contributed by atoms with Gasteiger partial charge in [0.1, 0.15) is 12.4 Å². The van der Waals surface area contributed by atoms with Gasteiger partial charge in [-0.05, 0) is 71.3 Å². The Kier molecular flexibility index (Phi) is 6.96. The lowest BCUT2D eigenvalue weighted by Crippen LogP contribution is -2.15. The molecular formula is C19H19F3INO3. The van der Waals surface area contributed by atoms with Crippen LogP contribution in [0.3, 0.4) is 0 Å². The number of methoxy groups -OCH3 is 1. The molecule has 0 aliphatic rings. The van der Waals surface area contributed by atoms with Crippen molar-refractivity contribution in [2.75, 3.05) is 12.4 Å². The van der Waals surface area contributed by atoms with E-state index in [0.29, 0.717) is 23.2 Å². The van der Waals surface area contributed by atoms with Crippen molar-refractivity contribution in [2.45, 2.75) is 33.1 Å². The highest BCUT2D eigenvalue weighted by Crippen LogP contribution is 2.39. The quantitative estimate of drug-likeness (QED) is 0.525. The fraction of sp³-hybridized carbons (Fsp3) is 0.316. The molecule has 0 atom stereocenters. The summed E-state index contributed by atoms with van der Waals surface area (Å²) in [4.78, 5) is 11.5. The Morgan fingerprint density at radius 3 is 2.56 bits per heavy atom. The van der Waals surface area contributed by atoms with Gasteiger partial charge in [-0.2, -0.15) is 13.2 Å². The summed E-state index contributed by atoms with van der Waals surface area (Å²) in [6.07, 6.45) is -4.69. The van der Waals surface area contributed by atoms with E-state index in [1.165, 1.54) is 13.2 Å². The number of carbonyl (C=O) groups is 1. The van der Waals surface area contributed by atoms with Crippen LogP contribution < -0.4 is 10.1 Å². The first-order chi connectivity index (χ1) is 12.7. The largest absolute Gasteiger partial charge is 0.488 e. The second kappa shape index (κ2) is 8.81. The van der Waals surface area contributed by atoms with Gasteiger partial charge < -0.3 is 9.47 Å². The topological polar surface area (TPSA) is 47.6 Å². The molecule has 146 valence electrons. The fourth-order valence-electron chi connectivity index (χ4n) is 2.58. The number of carbonyl (C=O) groups excluding carboxylic acids is 1. The van der Waals surface area contributed by atoms with E-state index in [9.17, 15) is 18.0 Å². The van der Waals surface area contributed by atoms with Crippen LogP contribution in [0.2, 0.25) is 0 Å². The fourth-order valence-corrected chi connectivity index (χ4v) is 3.24. The maximum absolute atomic E-state index is 13.4. The van der Waals surface area contributed by atoms with Gasteiger partial charge in [-0.1, -0.05) is 13.0 Å². The molecule has 0 fully saturated rings. The summed E-state index contributed by atoms with van der Waals surface area (Å²) >= 11 is 2.04. The van der Waals surface area contributed by atoms with E-state index in [1.54, 1.807) is 32.0 Å². The minimum atomic E-state index is -4.52. The molecule has 27 heavy (non-hydrogen) atoms. The number of anilines is 1. The number of hydrogen-bond donors (Lipinski definition) is 1. The number of hydrogen-bond acceptors (Lipinski definition) is 3. The Bertz CT molecular complexity index is 838. The molecule has 2 rings (SSSR count). The Balaban J connectivity index is 2.37. The minimum Gasteiger partial charge on any atom is -0.488 e. The molecule has 2 aromatic rings. The lowest BCUT2D eigenvalue weighted by molar-refractivity contribution is -0.139. The lowest BCUT2D eigenvalue weighted by atomic mass is 10.0. The predicted molar refractivity (Wildman–Crippen MR) is 105 cm³/mol. The maximum atomic E-state index is 13.4. The van der Waals surface area contributed by atoms with Gasteiger partial charge in [0.25, 0.3) is 0 Å². The van der Waals surface area contributed by atoms with Crippen LogP contribution in [0.4, 0.5) is 23.7 Å². The molecule has 2 aromatic carbocycles. The molecular weight excluding hydrogens is 474 g/mol. The second-order valence-corrected chi connectivity index (χ2v) is 6.96. The number of rotatable bonds is 5. The third-order valence-corrected chi connectivity index (χ3v) is 5.05. The van der Waals surface area contributed by atoms with Crippen LogP contribution in [0.1, 0.15) is 29.2 Å². The first-order valence-electron chi connectivity index (χ1n) is 8.13. The third kappa shape index (κ3) is 5.27. The maximum Gasteiger partial charge on any atom is 0.419 e. The van der Waals surface area contributed by atoms with Crippen LogP contribution in [0.5, 0.6) is 5.75 Å². The Morgan fingerprint density at radius 2 is 1.96 bits per heavy atom. The average molecular weight is 493 g/mol. The summed E-state index contributed by atoms with van der Waals surface area (Å²) in [7, 11) is 1.23. The summed E-state index contributed by atoms with van der Waals surface area (Å²) in [6, 6.07) is 7.67. The highest BCUT2D eigenvalue weighted by Gasteiger charge is 2.35. The van der Waals surface area contributed by atoms with E-state index in [2.05, 4.69) is 10.1 Å². The van der Waals surface area contributed by atoms with Crippen molar-refractivity contribution in [3.05, 3.63) is 56.2 Å². The van der Waals surface area contributed by atoms with Gasteiger partial charge >= 0.3 is 12.3 Å². The van der Waals surface area contributed by atoms with Crippen molar-refractivity contribution in [1.82, 2.24) is 0 Å². The molecule has 4 nitrogen and oxygen atoms in total. The highest BCUT2D eigenvalue weighted by molar-refractivity contribution is 14.1. The van der Waals surface area contributed by atoms with Gasteiger partial charge in [-0.3, -0.25) is 5.32 Å². The first kappa shape index (κ1) is 21.3. The normalized spacial score (nSPS) is 11.2. The summed E-state index contributed by atoms with van der Waals surface area (Å²) in [5.41, 5.74) is 1.53. The molecule has 0 heterocycles. The van der Waals surface area contributed by atoms with Crippen LogP contribution >= 0.6 is 22.6 Å². The lowest BCUT2D eigenvalue weighted by Gasteiger charge is -2.18. The summed E-state index contributed by atoms with van der Waals surface area (Å²) < 4.78 is 51.2. The second-order valence-electron chi connectivity index (χ2n) is 5.80. The summed E-state index contributed by atoms with van der Waals surface area (Å²) in [6.45, 7) is 3.43. The van der Waals surface area contributed by atoms with E-state index in [4.69, 9.17) is 4.74 Å². The first-order valence-corrected chi connectivity index (χ1v) is 9.21. The Hall–Kier alpha value is -1.97. The minimum absolute atomic E-state index is 0.133. The predicted octanol–water partition coefficient (Wildman–Crippen LogP) is 5.94. The van der Waals surface area contributed by atoms with Crippen molar-refractivity contribution in [1.29, 1.82) is 0 Å². The molecule has 0 unspecified atom stereocenters. The standard InChI is InChI=1S/C19H19F3INO3/c1-4-12-9-14(19(20,21)22)17(8-11(12)2)27-10-13-15(23)6-5-7-16(13)24-18(25)26-3/h5-9H,4,10H2,1-3H3,(H,24,25). The van der Waals surface area contributed by atoms with Gasteiger partial charge in [0.2, 0.25) is 0 Å². The van der Waals surface area contributed by atoms with E-state index in [-0.39, 0.29) is 12.4 Å². The van der Waals surface area contributed by atoms with Gasteiger partial charge in [-0.25, -0.2) is 4.79 Å². The third-order valence-electron chi connectivity index (χ3n) is 4.04. The molecule has 0 aromatic heterocycles. The van der Waals surface area contributed by atoms with Crippen LogP contribution in [-0.2, 0) is 23.9 Å². The summed E-state index contributed by atoms with van der Waals surface area (Å²) in [5.74, 6) is -0.235. The van der Waals surface area contributed by atoms with E-state index >= 15 is 0 Å². The number of nitrogens with one attached hydrogen (secondary N) is 1. The molecule has 1 N–H and O–H groups in total. The zero-order valence-corrected chi connectivity index (χ0v) is 17.2. The molecule has 8 heteroatoms. The molecule has 0 saturated heterocycles. The zero-order chi connectivity index (χ0) is 20.2. The smallest absolute Gasteiger partial charge is 0.419 e. The van der Waals surface area contributed by atoms with Crippen molar-refractivity contribution in [2.24, 2.45) is 0 Å². The van der Waals surface area contributed by atoms with Crippen molar-refractivity contribution in [3.8, 4) is 5.75 Å². The Morgan fingerprint density at radius 1 is 1.26 bits per heavy atom. The number of ether oxygens (including phenoxy) is 2. The molecule has 0 radical (unpaired) electrons. The number of amides is 1. The average Bonchev–Trinajstić information content (AvgIpc) is 2.60. The molecule has 0 bridgehead atoms. The highest BCUT2D eigenvalue weighted by atomic mass is 127. The SMILES string of the molecule is CCc1cc(C(F)(F)F)c(OCc2c(I)cccc2NC(=O)OC)cc1C. The van der Waals surface area contributed by atoms with E-state index < -0.39 is 17.8 Å². The number of halogens is 4. The molecule has 0 aliphatic heterocycles. The van der Waals surface area contributed by atoms with Gasteiger partial charge in [0.15, 0.2) is 0 Å². The van der Waals surface area contributed by atoms with Crippen molar-refractivity contribution >= 4 is 34.4 Å². The molecule has 0 aliphatic carbocycles. The van der Waals surface area contributed by atoms with Crippen LogP contribution in [0.15, 0.2) is 30.3 Å². The van der Waals surface area contributed by atoms with E-state index in [1.807, 2.05) is 22.6 Å². The molecule has 1 amide bonds. The van der Waals surface area contributed by atoms with Crippen LogP contribution in [-0.4, -0.2) is 13.2 Å². The number of benzene rings is 2. The van der Waals surface area contributed by atoms with Gasteiger partial charge in [-0.15, -0.1) is 0 Å². The monoisotopic (exact) mass is 493 g/mol. The van der Waals surface area contributed by atoms with Crippen LogP contribution in [0, 0.1) is 10.5 Å². The van der Waals surface area contributed by atoms with E-state index in [0.717, 1.165) is 15.2 Å². The Labute approximate surface area is 169 Å². The van der Waals surface area contributed by atoms with Gasteiger partial charge in [0.05, 0.1) is 18.4 Å². The number of aryl methyl sites for hydroxylation is 2. The zero-order valence-electron chi connectivity index (χ0n) is 15.0. The van der Waals surface area contributed by atoms with Crippen LogP contribution in [0.25, 0.3) is 0 Å². The summed E-state index contributed by atoms with van der Waals surface area (Å²) in [5, 5.41) is 2.54. The van der Waals surface area contributed by atoms with Crippen molar-refractivity contribution in [3.63, 3.8) is 0 Å². The molecule has 0 spiro atoms. The molecule has 0 saturated carbocycles. The van der Waals surface area contributed by atoms with Gasteiger partial charge in [0, 0.05) is 9.13 Å². The van der Waals surface area contributed by atoms with Crippen molar-refractivity contribution < 1.29 is 27.4 Å².